The van der Waals surface area contributed by atoms with E-state index in [9.17, 15) is 0 Å². The number of anilines is 1. The zero-order chi connectivity index (χ0) is 12.8. The number of para-hydroxylation sites is 1. The van der Waals surface area contributed by atoms with Crippen LogP contribution in [-0.4, -0.2) is 18.0 Å². The van der Waals surface area contributed by atoms with E-state index in [1.807, 2.05) is 6.07 Å². The van der Waals surface area contributed by atoms with Gasteiger partial charge in [-0.1, -0.05) is 32.0 Å². The molecule has 0 amide bonds. The first kappa shape index (κ1) is 11.6. The van der Waals surface area contributed by atoms with Crippen LogP contribution in [-0.2, 0) is 0 Å². The zero-order valence-electron chi connectivity index (χ0n) is 11.2. The van der Waals surface area contributed by atoms with Crippen LogP contribution < -0.4 is 10.6 Å². The Morgan fingerprint density at radius 1 is 1.17 bits per heavy atom. The summed E-state index contributed by atoms with van der Waals surface area (Å²) in [5.74, 6) is 0.680. The Balaban J connectivity index is 1.98. The molecule has 1 fully saturated rings. The number of aliphatic imine (C=N–C) groups is 1. The van der Waals surface area contributed by atoms with Gasteiger partial charge in [-0.15, -0.1) is 0 Å². The van der Waals surface area contributed by atoms with E-state index >= 15 is 0 Å². The highest BCUT2D eigenvalue weighted by Gasteiger charge is 2.50. The van der Waals surface area contributed by atoms with Crippen LogP contribution in [0.1, 0.15) is 33.1 Å². The molecule has 1 atom stereocenters. The van der Waals surface area contributed by atoms with Crippen molar-refractivity contribution in [2.75, 3.05) is 11.4 Å². The SMILES string of the molecule is CC1(C)CCC2(CN=C(N)N2c2ccccc2)C1. The van der Waals surface area contributed by atoms with Crippen LogP contribution >= 0.6 is 0 Å². The fraction of sp³-hybridized carbons (Fsp3) is 0.533. The predicted molar refractivity (Wildman–Crippen MR) is 75.8 cm³/mol. The molecule has 1 spiro atoms. The summed E-state index contributed by atoms with van der Waals surface area (Å²) in [6.45, 7) is 5.54. The number of nitrogens with two attached hydrogens (primary N) is 1. The van der Waals surface area contributed by atoms with Crippen molar-refractivity contribution in [1.82, 2.24) is 0 Å². The molecule has 1 aromatic carbocycles. The molecule has 1 aliphatic carbocycles. The predicted octanol–water partition coefficient (Wildman–Crippen LogP) is 2.77. The molecule has 1 heterocycles. The van der Waals surface area contributed by atoms with Gasteiger partial charge in [0.1, 0.15) is 0 Å². The lowest BCUT2D eigenvalue weighted by Gasteiger charge is -2.37. The highest BCUT2D eigenvalue weighted by Crippen LogP contribution is 2.49. The minimum atomic E-state index is 0.120. The smallest absolute Gasteiger partial charge is 0.196 e. The first-order valence-corrected chi connectivity index (χ1v) is 6.68. The molecule has 0 bridgehead atoms. The lowest BCUT2D eigenvalue weighted by atomic mass is 9.87. The van der Waals surface area contributed by atoms with Crippen molar-refractivity contribution in [3.63, 3.8) is 0 Å². The van der Waals surface area contributed by atoms with Crippen molar-refractivity contribution in [1.29, 1.82) is 0 Å². The summed E-state index contributed by atoms with van der Waals surface area (Å²) in [5, 5.41) is 0. The molecule has 1 saturated carbocycles. The molecule has 1 unspecified atom stereocenters. The van der Waals surface area contributed by atoms with E-state index in [0.717, 1.165) is 6.54 Å². The van der Waals surface area contributed by atoms with Crippen LogP contribution in [0.4, 0.5) is 5.69 Å². The van der Waals surface area contributed by atoms with Gasteiger partial charge >= 0.3 is 0 Å². The monoisotopic (exact) mass is 243 g/mol. The largest absolute Gasteiger partial charge is 0.369 e. The van der Waals surface area contributed by atoms with Crippen LogP contribution in [0.25, 0.3) is 0 Å². The Kier molecular flexibility index (Phi) is 2.40. The molecule has 0 radical (unpaired) electrons. The number of rotatable bonds is 1. The van der Waals surface area contributed by atoms with Gasteiger partial charge in [-0.3, -0.25) is 4.99 Å². The average molecular weight is 243 g/mol. The number of guanidine groups is 1. The van der Waals surface area contributed by atoms with E-state index in [2.05, 4.69) is 48.0 Å². The molecule has 2 aliphatic rings. The van der Waals surface area contributed by atoms with Crippen LogP contribution in [0.2, 0.25) is 0 Å². The summed E-state index contributed by atoms with van der Waals surface area (Å²) < 4.78 is 0. The first-order valence-electron chi connectivity index (χ1n) is 6.68. The van der Waals surface area contributed by atoms with Crippen molar-refractivity contribution in [2.45, 2.75) is 38.6 Å². The highest BCUT2D eigenvalue weighted by atomic mass is 15.4. The Bertz CT molecular complexity index is 478. The van der Waals surface area contributed by atoms with Crippen LogP contribution in [0.15, 0.2) is 35.3 Å². The van der Waals surface area contributed by atoms with E-state index in [4.69, 9.17) is 5.73 Å². The average Bonchev–Trinajstić information content (AvgIpc) is 2.81. The van der Waals surface area contributed by atoms with Gasteiger partial charge in [-0.25, -0.2) is 0 Å². The summed E-state index contributed by atoms with van der Waals surface area (Å²) in [6, 6.07) is 10.4. The van der Waals surface area contributed by atoms with Crippen LogP contribution in [0.3, 0.4) is 0 Å². The molecule has 1 aliphatic heterocycles. The maximum Gasteiger partial charge on any atom is 0.196 e. The minimum Gasteiger partial charge on any atom is -0.369 e. The molecule has 3 heteroatoms. The van der Waals surface area contributed by atoms with Gasteiger partial charge in [-0.05, 0) is 36.8 Å². The Labute approximate surface area is 109 Å². The molecule has 3 rings (SSSR count). The molecule has 96 valence electrons. The van der Waals surface area contributed by atoms with Crippen molar-refractivity contribution in [3.05, 3.63) is 30.3 Å². The standard InChI is InChI=1S/C15H21N3/c1-14(2)8-9-15(10-14)11-17-13(16)18(15)12-6-4-3-5-7-12/h3-7H,8-11H2,1-2H3,(H2,16,17). The summed E-state index contributed by atoms with van der Waals surface area (Å²) in [7, 11) is 0. The fourth-order valence-corrected chi connectivity index (χ4v) is 3.56. The van der Waals surface area contributed by atoms with Gasteiger partial charge in [0.2, 0.25) is 0 Å². The summed E-state index contributed by atoms with van der Waals surface area (Å²) in [4.78, 5) is 6.78. The van der Waals surface area contributed by atoms with E-state index in [-0.39, 0.29) is 5.54 Å². The molecular formula is C15H21N3. The molecule has 2 N–H and O–H groups in total. The second kappa shape index (κ2) is 3.74. The zero-order valence-corrected chi connectivity index (χ0v) is 11.2. The first-order chi connectivity index (χ1) is 8.53. The van der Waals surface area contributed by atoms with Gasteiger partial charge in [-0.2, -0.15) is 0 Å². The lowest BCUT2D eigenvalue weighted by Crippen LogP contribution is -2.50. The third kappa shape index (κ3) is 1.69. The molecule has 3 nitrogen and oxygen atoms in total. The number of benzene rings is 1. The third-order valence-electron chi connectivity index (χ3n) is 4.33. The van der Waals surface area contributed by atoms with Crippen molar-refractivity contribution in [3.8, 4) is 0 Å². The summed E-state index contributed by atoms with van der Waals surface area (Å²) in [6.07, 6.45) is 3.59. The molecule has 18 heavy (non-hydrogen) atoms. The topological polar surface area (TPSA) is 41.6 Å². The maximum atomic E-state index is 6.13. The Hall–Kier alpha value is -1.51. The number of nitrogens with zero attached hydrogens (tertiary/aromatic N) is 2. The Morgan fingerprint density at radius 3 is 2.50 bits per heavy atom. The van der Waals surface area contributed by atoms with Gasteiger partial charge in [0.25, 0.3) is 0 Å². The lowest BCUT2D eigenvalue weighted by molar-refractivity contribution is 0.346. The van der Waals surface area contributed by atoms with Gasteiger partial charge in [0.05, 0.1) is 12.1 Å². The fourth-order valence-electron chi connectivity index (χ4n) is 3.56. The van der Waals surface area contributed by atoms with Crippen molar-refractivity contribution in [2.24, 2.45) is 16.1 Å². The Morgan fingerprint density at radius 2 is 1.89 bits per heavy atom. The maximum absolute atomic E-state index is 6.13. The normalized spacial score (nSPS) is 29.9. The quantitative estimate of drug-likeness (QED) is 0.824. The summed E-state index contributed by atoms with van der Waals surface area (Å²) >= 11 is 0. The van der Waals surface area contributed by atoms with Crippen molar-refractivity contribution >= 4 is 11.6 Å². The summed E-state index contributed by atoms with van der Waals surface area (Å²) in [5.41, 5.74) is 7.82. The molecule has 1 aromatic rings. The molecule has 0 aromatic heterocycles. The van der Waals surface area contributed by atoms with E-state index in [0.29, 0.717) is 11.4 Å². The van der Waals surface area contributed by atoms with Crippen LogP contribution in [0.5, 0.6) is 0 Å². The van der Waals surface area contributed by atoms with E-state index in [1.54, 1.807) is 0 Å². The van der Waals surface area contributed by atoms with Gasteiger partial charge in [0.15, 0.2) is 5.96 Å². The number of hydrogen-bond acceptors (Lipinski definition) is 3. The number of hydrogen-bond donors (Lipinski definition) is 1. The molecule has 0 saturated heterocycles. The second-order valence-electron chi connectivity index (χ2n) is 6.41. The molecular weight excluding hydrogens is 222 g/mol. The highest BCUT2D eigenvalue weighted by molar-refractivity contribution is 5.98. The third-order valence-corrected chi connectivity index (χ3v) is 4.33. The van der Waals surface area contributed by atoms with Gasteiger partial charge < -0.3 is 10.6 Å². The van der Waals surface area contributed by atoms with Gasteiger partial charge in [0, 0.05) is 5.69 Å². The van der Waals surface area contributed by atoms with E-state index in [1.165, 1.54) is 24.9 Å². The van der Waals surface area contributed by atoms with Crippen molar-refractivity contribution < 1.29 is 0 Å². The van der Waals surface area contributed by atoms with E-state index < -0.39 is 0 Å². The second-order valence-corrected chi connectivity index (χ2v) is 6.41. The van der Waals surface area contributed by atoms with Crippen LogP contribution in [0, 0.1) is 5.41 Å². The minimum absolute atomic E-state index is 0.120.